The first-order valence-corrected chi connectivity index (χ1v) is 12.8. The largest absolute Gasteiger partial charge is 0.491 e. The number of nitrogens with zero attached hydrogens (tertiary/aromatic N) is 3. The monoisotopic (exact) mass is 513 g/mol. The fourth-order valence-electron chi connectivity index (χ4n) is 4.77. The quantitative estimate of drug-likeness (QED) is 0.347. The van der Waals surface area contributed by atoms with Crippen molar-refractivity contribution in [2.75, 3.05) is 32.1 Å². The Balaban J connectivity index is 1.76. The molecule has 10 heteroatoms. The normalized spacial score (nSPS) is 18.2. The molecular formula is C27H36FN5O4. The van der Waals surface area contributed by atoms with Gasteiger partial charge in [0.05, 0.1) is 34.7 Å². The van der Waals surface area contributed by atoms with Gasteiger partial charge in [-0.1, -0.05) is 5.16 Å². The van der Waals surface area contributed by atoms with Crippen LogP contribution in [0.3, 0.4) is 0 Å². The van der Waals surface area contributed by atoms with Crippen molar-refractivity contribution >= 4 is 5.82 Å². The molecule has 3 aromatic rings. The lowest BCUT2D eigenvalue weighted by atomic mass is 10.0. The molecule has 0 spiro atoms. The molecule has 2 aromatic heterocycles. The highest BCUT2D eigenvalue weighted by Gasteiger charge is 2.30. The fourth-order valence-corrected chi connectivity index (χ4v) is 4.77. The van der Waals surface area contributed by atoms with E-state index in [9.17, 15) is 5.11 Å². The second-order valence-corrected chi connectivity index (χ2v) is 9.41. The topological polar surface area (TPSA) is 115 Å². The number of aliphatic hydroxyl groups is 1. The molecule has 1 fully saturated rings. The van der Waals surface area contributed by atoms with Gasteiger partial charge >= 0.3 is 0 Å². The summed E-state index contributed by atoms with van der Waals surface area (Å²) in [5, 5.41) is 20.5. The molecule has 9 nitrogen and oxygen atoms in total. The van der Waals surface area contributed by atoms with Gasteiger partial charge < -0.3 is 29.7 Å². The zero-order chi connectivity index (χ0) is 26.5. The van der Waals surface area contributed by atoms with E-state index in [1.54, 1.807) is 13.1 Å². The molecule has 0 aliphatic heterocycles. The van der Waals surface area contributed by atoms with Crippen LogP contribution in [0.4, 0.5) is 10.2 Å². The van der Waals surface area contributed by atoms with Gasteiger partial charge in [0, 0.05) is 18.7 Å². The maximum atomic E-state index is 15.1. The van der Waals surface area contributed by atoms with Crippen molar-refractivity contribution in [3.05, 3.63) is 41.0 Å². The summed E-state index contributed by atoms with van der Waals surface area (Å²) in [6.45, 7) is 8.71. The van der Waals surface area contributed by atoms with Crippen LogP contribution in [0.15, 0.2) is 22.7 Å². The van der Waals surface area contributed by atoms with Crippen LogP contribution in [-0.2, 0) is 4.74 Å². The summed E-state index contributed by atoms with van der Waals surface area (Å²) in [6.07, 6.45) is 2.39. The van der Waals surface area contributed by atoms with Crippen LogP contribution in [-0.4, -0.2) is 65.3 Å². The zero-order valence-corrected chi connectivity index (χ0v) is 22.1. The summed E-state index contributed by atoms with van der Waals surface area (Å²) in [5.74, 6) is 1.40. The summed E-state index contributed by atoms with van der Waals surface area (Å²) in [5.41, 5.74) is 3.11. The third-order valence-corrected chi connectivity index (χ3v) is 6.63. The maximum absolute atomic E-state index is 15.1. The van der Waals surface area contributed by atoms with E-state index in [0.717, 1.165) is 30.4 Å². The van der Waals surface area contributed by atoms with E-state index in [-0.39, 0.29) is 30.1 Å². The van der Waals surface area contributed by atoms with Crippen LogP contribution < -0.4 is 15.4 Å². The Morgan fingerprint density at radius 2 is 2.03 bits per heavy atom. The van der Waals surface area contributed by atoms with E-state index in [0.29, 0.717) is 41.9 Å². The Labute approximate surface area is 216 Å². The summed E-state index contributed by atoms with van der Waals surface area (Å²) < 4.78 is 32.2. The first-order chi connectivity index (χ1) is 17.8. The van der Waals surface area contributed by atoms with Crippen molar-refractivity contribution in [2.45, 2.75) is 65.2 Å². The minimum atomic E-state index is -0.694. The number of anilines is 1. The van der Waals surface area contributed by atoms with Gasteiger partial charge in [-0.3, -0.25) is 0 Å². The van der Waals surface area contributed by atoms with Gasteiger partial charge in [-0.25, -0.2) is 14.4 Å². The average molecular weight is 514 g/mol. The third-order valence-electron chi connectivity index (χ3n) is 6.63. The molecule has 2 heterocycles. The molecule has 4 rings (SSSR count). The standard InChI is InChI=1S/C27H36FN5O4/c1-6-35-23-9-7-8-22(23)30-26-15(2)25(24-16(3)33-37-17(24)4)31-27(32-26)20-12-19(10-11-21(20)28)36-14-18(34)13-29-5/h10-12,18,22-23,29,34H,6-9,13-14H2,1-5H3,(H,30,31,32)/t18-,22-,23-/m1/s1. The lowest BCUT2D eigenvalue weighted by molar-refractivity contribution is 0.0615. The van der Waals surface area contributed by atoms with Crippen molar-refractivity contribution in [1.82, 2.24) is 20.4 Å². The van der Waals surface area contributed by atoms with Gasteiger partial charge in [-0.2, -0.15) is 0 Å². The number of aliphatic hydroxyl groups excluding tert-OH is 1. The summed E-state index contributed by atoms with van der Waals surface area (Å²) >= 11 is 0. The smallest absolute Gasteiger partial charge is 0.165 e. The van der Waals surface area contributed by atoms with Crippen molar-refractivity contribution < 1.29 is 23.5 Å². The highest BCUT2D eigenvalue weighted by atomic mass is 19.1. The molecular weight excluding hydrogens is 477 g/mol. The Bertz CT molecular complexity index is 1200. The number of halogens is 1. The number of ether oxygens (including phenoxy) is 2. The molecule has 1 aliphatic carbocycles. The predicted octanol–water partition coefficient (Wildman–Crippen LogP) is 4.19. The predicted molar refractivity (Wildman–Crippen MR) is 139 cm³/mol. The average Bonchev–Trinajstić information content (AvgIpc) is 3.45. The van der Waals surface area contributed by atoms with E-state index in [1.165, 1.54) is 12.1 Å². The molecule has 3 N–H and O–H groups in total. The molecule has 0 radical (unpaired) electrons. The van der Waals surface area contributed by atoms with Gasteiger partial charge in [0.15, 0.2) is 5.82 Å². The molecule has 0 amide bonds. The molecule has 0 bridgehead atoms. The summed E-state index contributed by atoms with van der Waals surface area (Å²) in [4.78, 5) is 9.56. The van der Waals surface area contributed by atoms with E-state index < -0.39 is 11.9 Å². The summed E-state index contributed by atoms with van der Waals surface area (Å²) in [7, 11) is 1.75. The highest BCUT2D eigenvalue weighted by molar-refractivity contribution is 5.74. The van der Waals surface area contributed by atoms with Gasteiger partial charge in [-0.15, -0.1) is 0 Å². The SMILES string of the molecule is CCO[C@@H]1CCC[C@H]1Nc1nc(-c2cc(OC[C@H](O)CNC)ccc2F)nc(-c2c(C)noc2C)c1C. The van der Waals surface area contributed by atoms with Crippen LogP contribution in [0.5, 0.6) is 5.75 Å². The second-order valence-electron chi connectivity index (χ2n) is 9.41. The zero-order valence-electron chi connectivity index (χ0n) is 22.1. The molecule has 1 aromatic carbocycles. The Morgan fingerprint density at radius 3 is 2.73 bits per heavy atom. The molecule has 0 saturated heterocycles. The maximum Gasteiger partial charge on any atom is 0.165 e. The van der Waals surface area contributed by atoms with Gasteiger partial charge in [0.2, 0.25) is 0 Å². The molecule has 1 aliphatic rings. The molecule has 3 atom stereocenters. The number of likely N-dealkylation sites (N-methyl/N-ethyl adjacent to an activating group) is 1. The number of nitrogens with one attached hydrogen (secondary N) is 2. The van der Waals surface area contributed by atoms with E-state index >= 15 is 4.39 Å². The first kappa shape index (κ1) is 27.0. The number of hydrogen-bond donors (Lipinski definition) is 3. The Morgan fingerprint density at radius 1 is 1.22 bits per heavy atom. The second kappa shape index (κ2) is 12.0. The molecule has 37 heavy (non-hydrogen) atoms. The van der Waals surface area contributed by atoms with Crippen LogP contribution in [0.1, 0.15) is 43.2 Å². The first-order valence-electron chi connectivity index (χ1n) is 12.8. The minimum absolute atomic E-state index is 0.0678. The van der Waals surface area contributed by atoms with Crippen LogP contribution in [0, 0.1) is 26.6 Å². The number of aromatic nitrogens is 3. The number of rotatable bonds is 11. The molecule has 1 saturated carbocycles. The number of benzene rings is 1. The number of hydrogen-bond acceptors (Lipinski definition) is 9. The van der Waals surface area contributed by atoms with E-state index in [2.05, 4.69) is 15.8 Å². The van der Waals surface area contributed by atoms with Gasteiger partial charge in [-0.05, 0) is 72.2 Å². The molecule has 200 valence electrons. The van der Waals surface area contributed by atoms with Crippen molar-refractivity contribution in [3.63, 3.8) is 0 Å². The van der Waals surface area contributed by atoms with Gasteiger partial charge in [0.1, 0.15) is 35.9 Å². The highest BCUT2D eigenvalue weighted by Crippen LogP contribution is 2.36. The minimum Gasteiger partial charge on any atom is -0.491 e. The van der Waals surface area contributed by atoms with Crippen LogP contribution in [0.25, 0.3) is 22.6 Å². The third kappa shape index (κ3) is 6.08. The Hall–Kier alpha value is -3.08. The van der Waals surface area contributed by atoms with E-state index in [4.69, 9.17) is 24.0 Å². The Kier molecular flexibility index (Phi) is 8.73. The lowest BCUT2D eigenvalue weighted by Gasteiger charge is -2.23. The van der Waals surface area contributed by atoms with Crippen LogP contribution >= 0.6 is 0 Å². The van der Waals surface area contributed by atoms with Crippen LogP contribution in [0.2, 0.25) is 0 Å². The lowest BCUT2D eigenvalue weighted by Crippen LogP contribution is -2.31. The van der Waals surface area contributed by atoms with Crippen molar-refractivity contribution in [2.24, 2.45) is 0 Å². The number of aryl methyl sites for hydroxylation is 2. The molecule has 0 unspecified atom stereocenters. The van der Waals surface area contributed by atoms with Gasteiger partial charge in [0.25, 0.3) is 0 Å². The summed E-state index contributed by atoms with van der Waals surface area (Å²) in [6, 6.07) is 4.50. The van der Waals surface area contributed by atoms with E-state index in [1.807, 2.05) is 27.7 Å². The van der Waals surface area contributed by atoms with Crippen molar-refractivity contribution in [3.8, 4) is 28.4 Å². The fraction of sp³-hybridized carbons (Fsp3) is 0.519. The van der Waals surface area contributed by atoms with Crippen molar-refractivity contribution in [1.29, 1.82) is 0 Å².